The van der Waals surface area contributed by atoms with E-state index < -0.39 is 5.97 Å². The van der Waals surface area contributed by atoms with Crippen LogP contribution in [-0.2, 0) is 0 Å². The lowest BCUT2D eigenvalue weighted by Crippen LogP contribution is -2.17. The summed E-state index contributed by atoms with van der Waals surface area (Å²) in [5.41, 5.74) is 4.22. The first-order chi connectivity index (χ1) is 15.6. The van der Waals surface area contributed by atoms with E-state index in [0.29, 0.717) is 22.6 Å². The van der Waals surface area contributed by atoms with Crippen molar-refractivity contribution in [2.75, 3.05) is 7.11 Å². The van der Waals surface area contributed by atoms with Crippen molar-refractivity contribution in [1.82, 2.24) is 5.43 Å². The molecule has 6 heteroatoms. The van der Waals surface area contributed by atoms with Gasteiger partial charge in [-0.3, -0.25) is 4.79 Å². The first-order valence-corrected chi connectivity index (χ1v) is 9.91. The number of hydrogen-bond acceptors (Lipinski definition) is 5. The van der Waals surface area contributed by atoms with Crippen LogP contribution >= 0.6 is 0 Å². The number of fused-ring (bicyclic) bond motifs is 1. The summed E-state index contributed by atoms with van der Waals surface area (Å²) in [6, 6.07) is 26.8. The molecule has 0 heterocycles. The summed E-state index contributed by atoms with van der Waals surface area (Å²) >= 11 is 0. The Hall–Kier alpha value is -4.45. The summed E-state index contributed by atoms with van der Waals surface area (Å²) in [6.45, 7) is 0. The Morgan fingerprint density at radius 3 is 2.16 bits per heavy atom. The van der Waals surface area contributed by atoms with Crippen LogP contribution in [0.5, 0.6) is 11.5 Å². The van der Waals surface area contributed by atoms with E-state index in [1.165, 1.54) is 6.21 Å². The zero-order valence-corrected chi connectivity index (χ0v) is 17.3. The highest BCUT2D eigenvalue weighted by Crippen LogP contribution is 2.17. The molecule has 1 N–H and O–H groups in total. The number of rotatable bonds is 6. The van der Waals surface area contributed by atoms with Crippen molar-refractivity contribution in [3.63, 3.8) is 0 Å². The fourth-order valence-electron chi connectivity index (χ4n) is 3.08. The van der Waals surface area contributed by atoms with Gasteiger partial charge in [0, 0.05) is 5.56 Å². The van der Waals surface area contributed by atoms with Crippen molar-refractivity contribution in [3.8, 4) is 11.5 Å². The zero-order chi connectivity index (χ0) is 22.3. The Morgan fingerprint density at radius 2 is 1.44 bits per heavy atom. The third-order valence-corrected chi connectivity index (χ3v) is 4.81. The van der Waals surface area contributed by atoms with E-state index in [-0.39, 0.29) is 5.91 Å². The molecule has 6 nitrogen and oxygen atoms in total. The summed E-state index contributed by atoms with van der Waals surface area (Å²) < 4.78 is 10.4. The molecule has 0 atom stereocenters. The second kappa shape index (κ2) is 9.57. The van der Waals surface area contributed by atoms with E-state index in [4.69, 9.17) is 9.47 Å². The van der Waals surface area contributed by atoms with Crippen molar-refractivity contribution in [1.29, 1.82) is 0 Å². The van der Waals surface area contributed by atoms with Gasteiger partial charge in [-0.25, -0.2) is 10.2 Å². The van der Waals surface area contributed by atoms with Gasteiger partial charge in [0.15, 0.2) is 0 Å². The molecule has 4 rings (SSSR count). The highest BCUT2D eigenvalue weighted by Gasteiger charge is 2.09. The Bertz CT molecular complexity index is 1280. The van der Waals surface area contributed by atoms with Crippen molar-refractivity contribution in [2.24, 2.45) is 5.10 Å². The molecule has 0 spiro atoms. The maximum Gasteiger partial charge on any atom is 0.343 e. The number of benzene rings is 4. The standard InChI is InChI=1S/C26H20N2O4/c1-31-23-14-10-20(11-15-23)26(30)32-24-12-6-18(7-13-24)17-27-28-25(29)22-9-8-19-4-2-3-5-21(19)16-22/h2-17H,1H3,(H,28,29)/b27-17-. The number of esters is 1. The molecule has 32 heavy (non-hydrogen) atoms. The van der Waals surface area contributed by atoms with Gasteiger partial charge in [0.05, 0.1) is 18.9 Å². The summed E-state index contributed by atoms with van der Waals surface area (Å²) in [5.74, 6) is 0.315. The second-order valence-corrected chi connectivity index (χ2v) is 6.95. The third-order valence-electron chi connectivity index (χ3n) is 4.81. The molecule has 0 radical (unpaired) electrons. The van der Waals surface area contributed by atoms with Crippen LogP contribution in [0.3, 0.4) is 0 Å². The lowest BCUT2D eigenvalue weighted by molar-refractivity contribution is 0.0734. The van der Waals surface area contributed by atoms with E-state index in [1.54, 1.807) is 61.7 Å². The molecule has 0 saturated heterocycles. The average molecular weight is 424 g/mol. The van der Waals surface area contributed by atoms with E-state index in [0.717, 1.165) is 16.3 Å². The largest absolute Gasteiger partial charge is 0.497 e. The monoisotopic (exact) mass is 424 g/mol. The molecule has 0 unspecified atom stereocenters. The maximum absolute atomic E-state index is 12.3. The minimum atomic E-state index is -0.461. The van der Waals surface area contributed by atoms with Crippen LogP contribution in [0.2, 0.25) is 0 Å². The fraction of sp³-hybridized carbons (Fsp3) is 0.0385. The lowest BCUT2D eigenvalue weighted by atomic mass is 10.1. The predicted molar refractivity (Wildman–Crippen MR) is 123 cm³/mol. The Balaban J connectivity index is 1.34. The minimum Gasteiger partial charge on any atom is -0.497 e. The number of carbonyl (C=O) groups excluding carboxylic acids is 2. The molecule has 0 fully saturated rings. The highest BCUT2D eigenvalue weighted by molar-refractivity contribution is 5.99. The van der Waals surface area contributed by atoms with Crippen LogP contribution in [0, 0.1) is 0 Å². The molecule has 0 aliphatic rings. The van der Waals surface area contributed by atoms with Gasteiger partial charge in [-0.05, 0) is 77.0 Å². The van der Waals surface area contributed by atoms with Gasteiger partial charge in [0.25, 0.3) is 5.91 Å². The summed E-state index contributed by atoms with van der Waals surface area (Å²) in [5, 5.41) is 6.07. The molecule has 0 aliphatic carbocycles. The van der Waals surface area contributed by atoms with Crippen LogP contribution < -0.4 is 14.9 Å². The van der Waals surface area contributed by atoms with Gasteiger partial charge < -0.3 is 9.47 Å². The molecular formula is C26H20N2O4. The first-order valence-electron chi connectivity index (χ1n) is 9.91. The summed E-state index contributed by atoms with van der Waals surface area (Å²) in [4.78, 5) is 24.6. The lowest BCUT2D eigenvalue weighted by Gasteiger charge is -2.05. The van der Waals surface area contributed by atoms with Crippen LogP contribution in [0.4, 0.5) is 0 Å². The molecule has 158 valence electrons. The number of nitrogens with one attached hydrogen (secondary N) is 1. The number of ether oxygens (including phenoxy) is 2. The normalized spacial score (nSPS) is 10.8. The summed E-state index contributed by atoms with van der Waals surface area (Å²) in [7, 11) is 1.56. The molecule has 0 aliphatic heterocycles. The third kappa shape index (κ3) is 4.99. The van der Waals surface area contributed by atoms with Crippen molar-refractivity contribution < 1.29 is 19.1 Å². The number of methoxy groups -OCH3 is 1. The van der Waals surface area contributed by atoms with Gasteiger partial charge in [-0.15, -0.1) is 0 Å². The minimum absolute atomic E-state index is 0.294. The van der Waals surface area contributed by atoms with E-state index in [2.05, 4.69) is 10.5 Å². The molecule has 0 saturated carbocycles. The number of hydrogen-bond donors (Lipinski definition) is 1. The summed E-state index contributed by atoms with van der Waals surface area (Å²) in [6.07, 6.45) is 1.52. The van der Waals surface area contributed by atoms with E-state index >= 15 is 0 Å². The number of nitrogens with zero attached hydrogens (tertiary/aromatic N) is 1. The topological polar surface area (TPSA) is 77.0 Å². The smallest absolute Gasteiger partial charge is 0.343 e. The molecule has 0 aromatic heterocycles. The molecule has 0 bridgehead atoms. The SMILES string of the molecule is COc1ccc(C(=O)Oc2ccc(/C=N\NC(=O)c3ccc4ccccc4c3)cc2)cc1. The van der Waals surface area contributed by atoms with Gasteiger partial charge in [-0.2, -0.15) is 5.10 Å². The number of carbonyl (C=O) groups is 2. The molecular weight excluding hydrogens is 404 g/mol. The Labute approximate surface area is 185 Å². The fourth-order valence-corrected chi connectivity index (χ4v) is 3.08. The van der Waals surface area contributed by atoms with Gasteiger partial charge in [0.1, 0.15) is 11.5 Å². The maximum atomic E-state index is 12.3. The van der Waals surface area contributed by atoms with E-state index in [1.807, 2.05) is 36.4 Å². The highest BCUT2D eigenvalue weighted by atomic mass is 16.5. The van der Waals surface area contributed by atoms with Crippen LogP contribution in [0.1, 0.15) is 26.3 Å². The quantitative estimate of drug-likeness (QED) is 0.208. The van der Waals surface area contributed by atoms with Gasteiger partial charge in [-0.1, -0.05) is 30.3 Å². The van der Waals surface area contributed by atoms with Crippen molar-refractivity contribution >= 4 is 28.9 Å². The first kappa shape index (κ1) is 20.8. The number of hydrazone groups is 1. The van der Waals surface area contributed by atoms with Crippen molar-refractivity contribution in [3.05, 3.63) is 108 Å². The van der Waals surface area contributed by atoms with Gasteiger partial charge >= 0.3 is 5.97 Å². The second-order valence-electron chi connectivity index (χ2n) is 6.95. The van der Waals surface area contributed by atoms with Crippen LogP contribution in [-0.4, -0.2) is 25.2 Å². The Morgan fingerprint density at radius 1 is 0.781 bits per heavy atom. The Kier molecular flexibility index (Phi) is 6.22. The average Bonchev–Trinajstić information content (AvgIpc) is 2.84. The zero-order valence-electron chi connectivity index (χ0n) is 17.3. The van der Waals surface area contributed by atoms with Crippen LogP contribution in [0.15, 0.2) is 96.1 Å². The molecule has 1 amide bonds. The van der Waals surface area contributed by atoms with E-state index in [9.17, 15) is 9.59 Å². The number of amides is 1. The molecule has 4 aromatic rings. The van der Waals surface area contributed by atoms with Crippen molar-refractivity contribution in [2.45, 2.75) is 0 Å². The molecule has 4 aromatic carbocycles. The van der Waals surface area contributed by atoms with Crippen LogP contribution in [0.25, 0.3) is 10.8 Å². The van der Waals surface area contributed by atoms with Gasteiger partial charge in [0.2, 0.25) is 0 Å². The predicted octanol–water partition coefficient (Wildman–Crippen LogP) is 4.83.